The van der Waals surface area contributed by atoms with Gasteiger partial charge in [-0.2, -0.15) is 0 Å². The zero-order valence-corrected chi connectivity index (χ0v) is 13.9. The van der Waals surface area contributed by atoms with E-state index in [1.54, 1.807) is 0 Å². The summed E-state index contributed by atoms with van der Waals surface area (Å²) < 4.78 is 11.5. The van der Waals surface area contributed by atoms with Gasteiger partial charge in [-0.1, -0.05) is 36.4 Å². The molecule has 0 fully saturated rings. The number of rotatable bonds is 6. The Hall–Kier alpha value is -2.81. The number of benzene rings is 3. The molecule has 0 saturated carbocycles. The summed E-state index contributed by atoms with van der Waals surface area (Å²) in [5.41, 5.74) is 2.92. The van der Waals surface area contributed by atoms with Crippen LogP contribution in [0.2, 0.25) is 0 Å². The summed E-state index contributed by atoms with van der Waals surface area (Å²) in [5.74, 6) is 1.43. The highest BCUT2D eigenvalue weighted by Crippen LogP contribution is 2.26. The van der Waals surface area contributed by atoms with E-state index in [0.29, 0.717) is 24.5 Å². The summed E-state index contributed by atoms with van der Waals surface area (Å²) in [6.45, 7) is 4.89. The van der Waals surface area contributed by atoms with Crippen LogP contribution in [-0.4, -0.2) is 19.5 Å². The molecule has 3 aromatic carbocycles. The van der Waals surface area contributed by atoms with Crippen LogP contribution in [0, 0.1) is 13.8 Å². The summed E-state index contributed by atoms with van der Waals surface area (Å²) >= 11 is 0. The van der Waals surface area contributed by atoms with Crippen molar-refractivity contribution >= 4 is 17.1 Å². The van der Waals surface area contributed by atoms with Gasteiger partial charge in [0.15, 0.2) is 6.29 Å². The first-order valence-electron chi connectivity index (χ1n) is 7.98. The summed E-state index contributed by atoms with van der Waals surface area (Å²) in [7, 11) is 0. The Kier molecular flexibility index (Phi) is 4.80. The molecule has 0 bridgehead atoms. The molecule has 0 aliphatic rings. The Labute approximate surface area is 141 Å². The van der Waals surface area contributed by atoms with Crippen LogP contribution in [0.25, 0.3) is 10.8 Å². The maximum atomic E-state index is 11.5. The number of carbonyl (C=O) groups excluding carboxylic acids is 1. The summed E-state index contributed by atoms with van der Waals surface area (Å²) in [6, 6.07) is 17.7. The lowest BCUT2D eigenvalue weighted by molar-refractivity contribution is 0.112. The molecule has 0 unspecified atom stereocenters. The van der Waals surface area contributed by atoms with Crippen molar-refractivity contribution in [3.63, 3.8) is 0 Å². The quantitative estimate of drug-likeness (QED) is 0.487. The number of fused-ring (bicyclic) bond motifs is 1. The smallest absolute Gasteiger partial charge is 0.154 e. The molecule has 0 aliphatic carbocycles. The van der Waals surface area contributed by atoms with E-state index in [9.17, 15) is 4.79 Å². The molecule has 0 heterocycles. The molecule has 122 valence electrons. The molecule has 3 aromatic rings. The highest BCUT2D eigenvalue weighted by Gasteiger charge is 2.08. The molecule has 3 rings (SSSR count). The second-order valence-corrected chi connectivity index (χ2v) is 5.84. The molecule has 3 nitrogen and oxygen atoms in total. The lowest BCUT2D eigenvalue weighted by atomic mass is 10.0. The van der Waals surface area contributed by atoms with Crippen molar-refractivity contribution in [1.29, 1.82) is 0 Å². The van der Waals surface area contributed by atoms with Gasteiger partial charge in [-0.3, -0.25) is 4.79 Å². The number of aryl methyl sites for hydroxylation is 2. The molecular weight excluding hydrogens is 300 g/mol. The molecule has 0 aromatic heterocycles. The Morgan fingerprint density at radius 1 is 0.875 bits per heavy atom. The van der Waals surface area contributed by atoms with Gasteiger partial charge in [0.25, 0.3) is 0 Å². The third kappa shape index (κ3) is 3.57. The molecule has 0 aliphatic heterocycles. The molecule has 0 spiro atoms. The predicted octanol–water partition coefficient (Wildman–Crippen LogP) is 4.73. The van der Waals surface area contributed by atoms with Crippen LogP contribution < -0.4 is 9.47 Å². The molecule has 0 radical (unpaired) electrons. The fourth-order valence-electron chi connectivity index (χ4n) is 2.85. The van der Waals surface area contributed by atoms with E-state index in [1.807, 2.05) is 62.4 Å². The lowest BCUT2D eigenvalue weighted by Gasteiger charge is -2.12. The van der Waals surface area contributed by atoms with E-state index in [-0.39, 0.29) is 0 Å². The number of hydrogen-bond acceptors (Lipinski definition) is 3. The highest BCUT2D eigenvalue weighted by molar-refractivity contribution is 6.00. The Balaban J connectivity index is 1.66. The van der Waals surface area contributed by atoms with Crippen molar-refractivity contribution in [3.05, 3.63) is 71.3 Å². The van der Waals surface area contributed by atoms with Gasteiger partial charge in [0.2, 0.25) is 0 Å². The van der Waals surface area contributed by atoms with Crippen LogP contribution >= 0.6 is 0 Å². The van der Waals surface area contributed by atoms with E-state index >= 15 is 0 Å². The minimum atomic E-state index is 0.381. The van der Waals surface area contributed by atoms with Gasteiger partial charge in [-0.05, 0) is 53.9 Å². The standard InChI is InChI=1S/C21H20O3/c1-15-11-16(2)13-18(12-15)23-9-10-24-21-8-7-17-5-3-4-6-19(17)20(21)14-22/h3-8,11-14H,9-10H2,1-2H3. The van der Waals surface area contributed by atoms with Gasteiger partial charge >= 0.3 is 0 Å². The minimum absolute atomic E-state index is 0.381. The minimum Gasteiger partial charge on any atom is -0.490 e. The first-order chi connectivity index (χ1) is 11.7. The average molecular weight is 320 g/mol. The molecule has 0 amide bonds. The van der Waals surface area contributed by atoms with E-state index in [2.05, 4.69) is 6.07 Å². The molecule has 0 N–H and O–H groups in total. The fourth-order valence-corrected chi connectivity index (χ4v) is 2.85. The Bertz CT molecular complexity index is 848. The van der Waals surface area contributed by atoms with Crippen molar-refractivity contribution in [3.8, 4) is 11.5 Å². The van der Waals surface area contributed by atoms with Crippen LogP contribution in [-0.2, 0) is 0 Å². The van der Waals surface area contributed by atoms with E-state index in [4.69, 9.17) is 9.47 Å². The van der Waals surface area contributed by atoms with Crippen LogP contribution in [0.4, 0.5) is 0 Å². The van der Waals surface area contributed by atoms with Crippen LogP contribution in [0.1, 0.15) is 21.5 Å². The highest BCUT2D eigenvalue weighted by atomic mass is 16.5. The number of aldehydes is 1. The van der Waals surface area contributed by atoms with Crippen LogP contribution in [0.3, 0.4) is 0 Å². The topological polar surface area (TPSA) is 35.5 Å². The van der Waals surface area contributed by atoms with Gasteiger partial charge < -0.3 is 9.47 Å². The SMILES string of the molecule is Cc1cc(C)cc(OCCOc2ccc3ccccc3c2C=O)c1. The van der Waals surface area contributed by atoms with E-state index in [0.717, 1.165) is 22.8 Å². The summed E-state index contributed by atoms with van der Waals surface area (Å²) in [5, 5.41) is 1.93. The second-order valence-electron chi connectivity index (χ2n) is 5.84. The molecule has 3 heteroatoms. The van der Waals surface area contributed by atoms with Crippen LogP contribution in [0.15, 0.2) is 54.6 Å². The number of carbonyl (C=O) groups is 1. The van der Waals surface area contributed by atoms with E-state index < -0.39 is 0 Å². The zero-order chi connectivity index (χ0) is 16.9. The van der Waals surface area contributed by atoms with Gasteiger partial charge in [0.1, 0.15) is 24.7 Å². The number of hydrogen-bond donors (Lipinski definition) is 0. The van der Waals surface area contributed by atoms with Crippen LogP contribution in [0.5, 0.6) is 11.5 Å². The van der Waals surface area contributed by atoms with Crippen molar-refractivity contribution in [2.45, 2.75) is 13.8 Å². The van der Waals surface area contributed by atoms with Gasteiger partial charge in [-0.15, -0.1) is 0 Å². The molecule has 0 atom stereocenters. The first-order valence-corrected chi connectivity index (χ1v) is 7.98. The van der Waals surface area contributed by atoms with Crippen molar-refractivity contribution < 1.29 is 14.3 Å². The Morgan fingerprint density at radius 3 is 2.33 bits per heavy atom. The Morgan fingerprint density at radius 2 is 1.58 bits per heavy atom. The predicted molar refractivity (Wildman–Crippen MR) is 96.2 cm³/mol. The lowest BCUT2D eigenvalue weighted by Crippen LogP contribution is -2.10. The molecular formula is C21H20O3. The first kappa shape index (κ1) is 16.1. The van der Waals surface area contributed by atoms with E-state index in [1.165, 1.54) is 11.1 Å². The summed E-state index contributed by atoms with van der Waals surface area (Å²) in [6.07, 6.45) is 0.850. The van der Waals surface area contributed by atoms with Crippen molar-refractivity contribution in [2.75, 3.05) is 13.2 Å². The van der Waals surface area contributed by atoms with Crippen molar-refractivity contribution in [1.82, 2.24) is 0 Å². The number of ether oxygens (including phenoxy) is 2. The second kappa shape index (κ2) is 7.18. The molecule has 24 heavy (non-hydrogen) atoms. The normalized spacial score (nSPS) is 10.6. The monoisotopic (exact) mass is 320 g/mol. The third-order valence-corrected chi connectivity index (χ3v) is 3.85. The third-order valence-electron chi connectivity index (χ3n) is 3.85. The van der Waals surface area contributed by atoms with Gasteiger partial charge in [0, 0.05) is 0 Å². The van der Waals surface area contributed by atoms with Gasteiger partial charge in [-0.25, -0.2) is 0 Å². The average Bonchev–Trinajstić information content (AvgIpc) is 2.57. The fraction of sp³-hybridized carbons (Fsp3) is 0.190. The maximum absolute atomic E-state index is 11.5. The maximum Gasteiger partial charge on any atom is 0.154 e. The molecule has 0 saturated heterocycles. The van der Waals surface area contributed by atoms with Gasteiger partial charge in [0.05, 0.1) is 5.56 Å². The summed E-state index contributed by atoms with van der Waals surface area (Å²) in [4.78, 5) is 11.5. The zero-order valence-electron chi connectivity index (χ0n) is 13.9. The van der Waals surface area contributed by atoms with Crippen molar-refractivity contribution in [2.24, 2.45) is 0 Å². The largest absolute Gasteiger partial charge is 0.490 e.